The molecule has 7 heteroatoms. The molecule has 33 heavy (non-hydrogen) atoms. The van der Waals surface area contributed by atoms with Gasteiger partial charge in [0.1, 0.15) is 11.6 Å². The lowest BCUT2D eigenvalue weighted by molar-refractivity contribution is 0.127. The molecule has 1 fully saturated rings. The van der Waals surface area contributed by atoms with Crippen molar-refractivity contribution in [2.75, 3.05) is 26.2 Å². The molecule has 2 heterocycles. The van der Waals surface area contributed by atoms with E-state index in [1.54, 1.807) is 6.08 Å². The minimum atomic E-state index is -0.413. The largest absolute Gasteiger partial charge is 0.516 e. The fourth-order valence-electron chi connectivity index (χ4n) is 4.37. The van der Waals surface area contributed by atoms with Crippen molar-refractivity contribution in [2.45, 2.75) is 26.3 Å². The number of aryl methyl sites for hydroxylation is 1. The predicted octanol–water partition coefficient (Wildman–Crippen LogP) is 3.64. The summed E-state index contributed by atoms with van der Waals surface area (Å²) in [6.07, 6.45) is 11.4. The third-order valence-electron chi connectivity index (χ3n) is 6.69. The molecule has 0 spiro atoms. The lowest BCUT2D eigenvalue weighted by Gasteiger charge is -2.31. The van der Waals surface area contributed by atoms with E-state index in [0.717, 1.165) is 49.9 Å². The zero-order chi connectivity index (χ0) is 23.4. The zero-order valence-electron chi connectivity index (χ0n) is 19.0. The molecule has 4 rings (SSSR count). The van der Waals surface area contributed by atoms with E-state index in [9.17, 15) is 9.50 Å². The number of benzene rings is 1. The second-order valence-electron chi connectivity index (χ2n) is 9.01. The van der Waals surface area contributed by atoms with Crippen molar-refractivity contribution in [1.29, 1.82) is 0 Å². The summed E-state index contributed by atoms with van der Waals surface area (Å²) in [5.41, 5.74) is 5.43. The minimum absolute atomic E-state index is 0.156. The molecule has 5 N–H and O–H groups in total. The molecule has 0 amide bonds. The molecule has 0 aromatic heterocycles. The van der Waals surface area contributed by atoms with Gasteiger partial charge in [-0.15, -0.1) is 0 Å². The maximum Gasteiger partial charge on any atom is 0.144 e. The standard InChI is InChI=1S/C26H33FN4O2/c1-18-2-3-20(12-23(18)15-30-9-6-19(17-33)7-10-30)22-4-5-26(29-14-22)31(28)16-25(27)24-13-21(24)8-11-32/h2-5,8,11-13,16,19,21,29,32-33H,6-7,9-10,14-15,17,28H2,1H3/b11-8+,25-16-. The predicted molar refractivity (Wildman–Crippen MR) is 129 cm³/mol. The van der Waals surface area contributed by atoms with Crippen LogP contribution in [-0.4, -0.2) is 46.4 Å². The van der Waals surface area contributed by atoms with E-state index in [-0.39, 0.29) is 5.92 Å². The second-order valence-corrected chi connectivity index (χ2v) is 9.01. The Morgan fingerprint density at radius 3 is 2.76 bits per heavy atom. The van der Waals surface area contributed by atoms with Crippen LogP contribution in [0.1, 0.15) is 29.5 Å². The van der Waals surface area contributed by atoms with Gasteiger partial charge in [0.05, 0.1) is 12.5 Å². The fraction of sp³-hybridized carbons (Fsp3) is 0.385. The summed E-state index contributed by atoms with van der Waals surface area (Å²) in [6.45, 7) is 6.00. The highest BCUT2D eigenvalue weighted by molar-refractivity contribution is 5.70. The van der Waals surface area contributed by atoms with Gasteiger partial charge < -0.3 is 15.5 Å². The first-order valence-corrected chi connectivity index (χ1v) is 11.5. The van der Waals surface area contributed by atoms with Crippen LogP contribution in [-0.2, 0) is 6.54 Å². The van der Waals surface area contributed by atoms with Crippen molar-refractivity contribution < 1.29 is 14.6 Å². The molecule has 3 aliphatic rings. The number of nitrogens with two attached hydrogens (primary N) is 1. The molecule has 0 radical (unpaired) electrons. The maximum absolute atomic E-state index is 14.3. The Labute approximate surface area is 194 Å². The average molecular weight is 453 g/mol. The molecule has 1 aliphatic carbocycles. The summed E-state index contributed by atoms with van der Waals surface area (Å²) in [5.74, 6) is 6.52. The molecule has 0 bridgehead atoms. The summed E-state index contributed by atoms with van der Waals surface area (Å²) in [7, 11) is 0. The number of rotatable bonds is 8. The highest BCUT2D eigenvalue weighted by atomic mass is 19.1. The van der Waals surface area contributed by atoms with Crippen molar-refractivity contribution in [1.82, 2.24) is 15.2 Å². The van der Waals surface area contributed by atoms with Crippen LogP contribution in [0, 0.1) is 18.8 Å². The summed E-state index contributed by atoms with van der Waals surface area (Å²) in [4.78, 5) is 2.47. The van der Waals surface area contributed by atoms with E-state index in [4.69, 9.17) is 10.9 Å². The molecule has 176 valence electrons. The average Bonchev–Trinajstić information content (AvgIpc) is 3.61. The lowest BCUT2D eigenvalue weighted by Crippen LogP contribution is -2.35. The normalized spacial score (nSPS) is 22.0. The second kappa shape index (κ2) is 10.4. The number of nitrogens with zero attached hydrogens (tertiary/aromatic N) is 2. The lowest BCUT2D eigenvalue weighted by atomic mass is 9.95. The van der Waals surface area contributed by atoms with Crippen molar-refractivity contribution in [3.05, 3.63) is 88.9 Å². The molecule has 6 nitrogen and oxygen atoms in total. The van der Waals surface area contributed by atoms with E-state index in [2.05, 4.69) is 35.3 Å². The number of hydrazine groups is 1. The van der Waals surface area contributed by atoms with Gasteiger partial charge in [-0.05, 0) is 84.8 Å². The topological polar surface area (TPSA) is 85.0 Å². The van der Waals surface area contributed by atoms with Gasteiger partial charge in [-0.25, -0.2) is 10.2 Å². The molecule has 0 saturated carbocycles. The number of hydrogen-bond acceptors (Lipinski definition) is 6. The van der Waals surface area contributed by atoms with Crippen LogP contribution in [0.5, 0.6) is 0 Å². The fourth-order valence-corrected chi connectivity index (χ4v) is 4.37. The highest BCUT2D eigenvalue weighted by Crippen LogP contribution is 2.37. The van der Waals surface area contributed by atoms with Crippen LogP contribution in [0.4, 0.5) is 4.39 Å². The van der Waals surface area contributed by atoms with E-state index in [0.29, 0.717) is 30.5 Å². The van der Waals surface area contributed by atoms with E-state index in [1.807, 2.05) is 12.2 Å². The third kappa shape index (κ3) is 5.74. The Morgan fingerprint density at radius 1 is 1.30 bits per heavy atom. The molecule has 1 aromatic carbocycles. The first kappa shape index (κ1) is 23.3. The monoisotopic (exact) mass is 452 g/mol. The van der Waals surface area contributed by atoms with Crippen LogP contribution in [0.25, 0.3) is 5.57 Å². The number of aliphatic hydroxyl groups is 2. The van der Waals surface area contributed by atoms with Gasteiger partial charge in [-0.1, -0.05) is 24.3 Å². The quantitative estimate of drug-likeness (QED) is 0.274. The third-order valence-corrected chi connectivity index (χ3v) is 6.69. The summed E-state index contributed by atoms with van der Waals surface area (Å²) in [5, 5.41) is 22.7. The van der Waals surface area contributed by atoms with Gasteiger partial charge in [0.25, 0.3) is 0 Å². The van der Waals surface area contributed by atoms with Gasteiger partial charge in [0, 0.05) is 25.6 Å². The number of aliphatic hydroxyl groups excluding tert-OH is 2. The number of dihydropyridines is 1. The first-order chi connectivity index (χ1) is 16.0. The summed E-state index contributed by atoms with van der Waals surface area (Å²) < 4.78 is 14.3. The first-order valence-electron chi connectivity index (χ1n) is 11.5. The van der Waals surface area contributed by atoms with Crippen molar-refractivity contribution in [2.24, 2.45) is 17.7 Å². The van der Waals surface area contributed by atoms with Gasteiger partial charge >= 0.3 is 0 Å². The number of allylic oxidation sites excluding steroid dienone is 6. The van der Waals surface area contributed by atoms with Crippen LogP contribution in [0.3, 0.4) is 0 Å². The molecule has 1 saturated heterocycles. The number of halogens is 1. The summed E-state index contributed by atoms with van der Waals surface area (Å²) >= 11 is 0. The van der Waals surface area contributed by atoms with Gasteiger partial charge in [-0.2, -0.15) is 0 Å². The van der Waals surface area contributed by atoms with Crippen molar-refractivity contribution in [3.63, 3.8) is 0 Å². The molecule has 1 atom stereocenters. The van der Waals surface area contributed by atoms with Crippen LogP contribution >= 0.6 is 0 Å². The number of nitrogens with one attached hydrogen (secondary N) is 1. The molecular weight excluding hydrogens is 419 g/mol. The van der Waals surface area contributed by atoms with E-state index >= 15 is 0 Å². The molecule has 2 aliphatic heterocycles. The van der Waals surface area contributed by atoms with Gasteiger partial charge in [-0.3, -0.25) is 9.91 Å². The zero-order valence-corrected chi connectivity index (χ0v) is 19.0. The Hall–Kier alpha value is -2.87. The Morgan fingerprint density at radius 2 is 2.09 bits per heavy atom. The number of likely N-dealkylation sites (tertiary alicyclic amines) is 1. The molecule has 1 unspecified atom stereocenters. The summed E-state index contributed by atoms with van der Waals surface area (Å²) in [6, 6.07) is 6.56. The highest BCUT2D eigenvalue weighted by Gasteiger charge is 2.26. The number of hydrogen-bond donors (Lipinski definition) is 4. The maximum atomic E-state index is 14.3. The molecular formula is C26H33FN4O2. The van der Waals surface area contributed by atoms with Gasteiger partial charge in [0.15, 0.2) is 0 Å². The Balaban J connectivity index is 1.40. The van der Waals surface area contributed by atoms with Crippen molar-refractivity contribution in [3.8, 4) is 0 Å². The minimum Gasteiger partial charge on any atom is -0.516 e. The number of piperidine rings is 1. The molecule has 1 aromatic rings. The van der Waals surface area contributed by atoms with Crippen LogP contribution < -0.4 is 11.2 Å². The SMILES string of the molecule is Cc1ccc(C2=CC=C(N(N)/C=C(\F)C3=CC3/C=C/O)NC2)cc1CN1CCC(CO)CC1. The van der Waals surface area contributed by atoms with Crippen molar-refractivity contribution >= 4 is 5.57 Å². The Kier molecular flexibility index (Phi) is 7.33. The van der Waals surface area contributed by atoms with Crippen LogP contribution in [0.15, 0.2) is 72.2 Å². The van der Waals surface area contributed by atoms with E-state index < -0.39 is 5.83 Å². The van der Waals surface area contributed by atoms with E-state index in [1.165, 1.54) is 28.4 Å². The Bertz CT molecular complexity index is 1020. The van der Waals surface area contributed by atoms with Crippen LogP contribution in [0.2, 0.25) is 0 Å². The smallest absolute Gasteiger partial charge is 0.144 e. The van der Waals surface area contributed by atoms with Gasteiger partial charge in [0.2, 0.25) is 0 Å².